The van der Waals surface area contributed by atoms with Crippen LogP contribution in [0.15, 0.2) is 103 Å². The Balaban J connectivity index is 1.05. The van der Waals surface area contributed by atoms with Crippen molar-refractivity contribution in [2.75, 3.05) is 32.7 Å². The van der Waals surface area contributed by atoms with Gasteiger partial charge in [-0.1, -0.05) is 84.4 Å². The minimum absolute atomic E-state index is 0.0555. The van der Waals surface area contributed by atoms with Gasteiger partial charge in [-0.2, -0.15) is 0 Å². The monoisotopic (exact) mass is 676 g/mol. The highest BCUT2D eigenvalue weighted by Crippen LogP contribution is 2.44. The first-order valence-electron chi connectivity index (χ1n) is 17.0. The Bertz CT molecular complexity index is 2010. The van der Waals surface area contributed by atoms with Gasteiger partial charge in [0.25, 0.3) is 5.91 Å². The number of fused-ring (bicyclic) bond motifs is 3. The number of rotatable bonds is 7. The highest BCUT2D eigenvalue weighted by molar-refractivity contribution is 6.31. The molecule has 2 fully saturated rings. The van der Waals surface area contributed by atoms with E-state index >= 15 is 0 Å². The third-order valence-electron chi connectivity index (χ3n) is 10.5. The Hall–Kier alpha value is -4.50. The zero-order chi connectivity index (χ0) is 33.5. The second kappa shape index (κ2) is 13.1. The first-order chi connectivity index (χ1) is 23.8. The minimum Gasteiger partial charge on any atom is -0.450 e. The van der Waals surface area contributed by atoms with Crippen LogP contribution in [0.1, 0.15) is 50.2 Å². The summed E-state index contributed by atoms with van der Waals surface area (Å²) in [6, 6.07) is 31.4. The summed E-state index contributed by atoms with van der Waals surface area (Å²) >= 11 is 6.56. The van der Waals surface area contributed by atoms with Crippen LogP contribution < -0.4 is 0 Å². The van der Waals surface area contributed by atoms with Gasteiger partial charge in [-0.05, 0) is 35.4 Å². The number of esters is 1. The van der Waals surface area contributed by atoms with Crippen LogP contribution in [0.5, 0.6) is 0 Å². The summed E-state index contributed by atoms with van der Waals surface area (Å²) in [6.45, 7) is 6.10. The molecule has 0 bridgehead atoms. The molecule has 2 saturated heterocycles. The molecule has 3 aliphatic rings. The van der Waals surface area contributed by atoms with Crippen molar-refractivity contribution in [2.45, 2.75) is 44.1 Å². The number of nitrogens with zero attached hydrogens (tertiary/aromatic N) is 4. The van der Waals surface area contributed by atoms with Crippen LogP contribution in [0.3, 0.4) is 0 Å². The van der Waals surface area contributed by atoms with Gasteiger partial charge in [0.05, 0.1) is 16.6 Å². The van der Waals surface area contributed by atoms with E-state index in [1.807, 2.05) is 29.3 Å². The Kier molecular flexibility index (Phi) is 8.48. The lowest BCUT2D eigenvalue weighted by molar-refractivity contribution is -0.0389. The van der Waals surface area contributed by atoms with Gasteiger partial charge in [0.2, 0.25) is 0 Å². The SMILES string of the molecule is O=C1OC2(CCN(C(=O)c3cn(CC4CN(Cc5ccccc5)CCN4Cc4ccccc4)c4cc(Cl)ccc34)CC2)c2ccc(F)cc21. The molecule has 0 saturated carbocycles. The molecule has 1 atom stereocenters. The van der Waals surface area contributed by atoms with Crippen LogP contribution in [-0.4, -0.2) is 69.9 Å². The maximum atomic E-state index is 14.2. The Morgan fingerprint density at radius 3 is 2.31 bits per heavy atom. The van der Waals surface area contributed by atoms with Crippen molar-refractivity contribution in [1.29, 1.82) is 0 Å². The van der Waals surface area contributed by atoms with Crippen molar-refractivity contribution in [3.05, 3.63) is 142 Å². The number of hydrogen-bond donors (Lipinski definition) is 0. The summed E-state index contributed by atoms with van der Waals surface area (Å²) in [6.07, 6.45) is 2.92. The molecule has 1 spiro atoms. The predicted molar refractivity (Wildman–Crippen MR) is 188 cm³/mol. The molecule has 8 rings (SSSR count). The van der Waals surface area contributed by atoms with Crippen LogP contribution in [-0.2, 0) is 30.0 Å². The largest absolute Gasteiger partial charge is 0.450 e. The number of carbonyl (C=O) groups excluding carboxylic acids is 2. The first-order valence-corrected chi connectivity index (χ1v) is 17.4. The van der Waals surface area contributed by atoms with E-state index in [-0.39, 0.29) is 17.5 Å². The third kappa shape index (κ3) is 6.25. The average Bonchev–Trinajstić information content (AvgIpc) is 3.59. The summed E-state index contributed by atoms with van der Waals surface area (Å²) < 4.78 is 22.0. The Morgan fingerprint density at radius 2 is 1.57 bits per heavy atom. The number of carbonyl (C=O) groups is 2. The number of piperidine rings is 1. The molecular weight excluding hydrogens is 639 g/mol. The van der Waals surface area contributed by atoms with E-state index in [2.05, 4.69) is 75.0 Å². The van der Waals surface area contributed by atoms with E-state index in [4.69, 9.17) is 16.3 Å². The van der Waals surface area contributed by atoms with E-state index < -0.39 is 17.4 Å². The summed E-state index contributed by atoms with van der Waals surface area (Å²) in [5.41, 5.74) is 4.33. The summed E-state index contributed by atoms with van der Waals surface area (Å²) in [5.74, 6) is -1.02. The molecule has 3 aliphatic heterocycles. The highest BCUT2D eigenvalue weighted by Gasteiger charge is 2.48. The second-order valence-electron chi connectivity index (χ2n) is 13.6. The van der Waals surface area contributed by atoms with Crippen molar-refractivity contribution in [1.82, 2.24) is 19.3 Å². The van der Waals surface area contributed by atoms with Gasteiger partial charge in [0.15, 0.2) is 0 Å². The fourth-order valence-corrected chi connectivity index (χ4v) is 8.10. The first kappa shape index (κ1) is 31.7. The van der Waals surface area contributed by atoms with E-state index in [9.17, 15) is 14.0 Å². The number of halogens is 2. The molecule has 0 radical (unpaired) electrons. The van der Waals surface area contributed by atoms with Gasteiger partial charge in [-0.15, -0.1) is 0 Å². The lowest BCUT2D eigenvalue weighted by atomic mass is 9.83. The lowest BCUT2D eigenvalue weighted by Gasteiger charge is -2.42. The predicted octanol–water partition coefficient (Wildman–Crippen LogP) is 7.12. The van der Waals surface area contributed by atoms with Crippen LogP contribution in [0.4, 0.5) is 4.39 Å². The molecule has 5 aromatic rings. The number of piperazine rings is 1. The zero-order valence-corrected chi connectivity index (χ0v) is 28.0. The number of likely N-dealkylation sites (tertiary alicyclic amines) is 1. The summed E-state index contributed by atoms with van der Waals surface area (Å²) in [7, 11) is 0. The molecule has 9 heteroatoms. The number of hydrogen-bond acceptors (Lipinski definition) is 5. The van der Waals surface area contributed by atoms with Crippen molar-refractivity contribution in [3.8, 4) is 0 Å². The fourth-order valence-electron chi connectivity index (χ4n) is 7.94. The fraction of sp³-hybridized carbons (Fsp3) is 0.300. The van der Waals surface area contributed by atoms with E-state index in [1.54, 1.807) is 6.07 Å². The number of amides is 1. The van der Waals surface area contributed by atoms with Gasteiger partial charge in [0, 0.05) is 93.4 Å². The van der Waals surface area contributed by atoms with Crippen molar-refractivity contribution >= 4 is 34.4 Å². The quantitative estimate of drug-likeness (QED) is 0.172. The number of ether oxygens (including phenoxy) is 1. The third-order valence-corrected chi connectivity index (χ3v) is 10.7. The van der Waals surface area contributed by atoms with Crippen LogP contribution in [0.25, 0.3) is 10.9 Å². The molecule has 1 amide bonds. The second-order valence-corrected chi connectivity index (χ2v) is 14.0. The number of aromatic nitrogens is 1. The van der Waals surface area contributed by atoms with E-state index in [0.717, 1.165) is 43.6 Å². The summed E-state index contributed by atoms with van der Waals surface area (Å²) in [5, 5.41) is 1.49. The van der Waals surface area contributed by atoms with Crippen molar-refractivity contribution < 1.29 is 18.7 Å². The zero-order valence-electron chi connectivity index (χ0n) is 27.2. The Morgan fingerprint density at radius 1 is 0.857 bits per heavy atom. The van der Waals surface area contributed by atoms with Crippen LogP contribution in [0.2, 0.25) is 5.02 Å². The molecular formula is C40H38ClFN4O3. The van der Waals surface area contributed by atoms with Crippen molar-refractivity contribution in [3.63, 3.8) is 0 Å². The van der Waals surface area contributed by atoms with Gasteiger partial charge in [0.1, 0.15) is 11.4 Å². The van der Waals surface area contributed by atoms with Gasteiger partial charge >= 0.3 is 5.97 Å². The molecule has 4 aromatic carbocycles. The van der Waals surface area contributed by atoms with E-state index in [0.29, 0.717) is 48.6 Å². The number of benzene rings is 4. The molecule has 0 aliphatic carbocycles. The molecule has 7 nitrogen and oxygen atoms in total. The maximum absolute atomic E-state index is 14.2. The molecule has 4 heterocycles. The normalized spacial score (nSPS) is 19.3. The van der Waals surface area contributed by atoms with Crippen LogP contribution in [0, 0.1) is 5.82 Å². The van der Waals surface area contributed by atoms with Crippen molar-refractivity contribution in [2.24, 2.45) is 0 Å². The maximum Gasteiger partial charge on any atom is 0.339 e. The van der Waals surface area contributed by atoms with Gasteiger partial charge < -0.3 is 14.2 Å². The lowest BCUT2D eigenvalue weighted by Crippen LogP contribution is -2.53. The molecule has 0 N–H and O–H groups in total. The molecule has 250 valence electrons. The van der Waals surface area contributed by atoms with E-state index in [1.165, 1.54) is 23.3 Å². The Labute approximate surface area is 290 Å². The average molecular weight is 677 g/mol. The molecule has 1 unspecified atom stereocenters. The topological polar surface area (TPSA) is 58.0 Å². The van der Waals surface area contributed by atoms with Crippen LogP contribution >= 0.6 is 11.6 Å². The highest BCUT2D eigenvalue weighted by atomic mass is 35.5. The smallest absolute Gasteiger partial charge is 0.339 e. The summed E-state index contributed by atoms with van der Waals surface area (Å²) in [4.78, 5) is 33.8. The molecule has 49 heavy (non-hydrogen) atoms. The van der Waals surface area contributed by atoms with Gasteiger partial charge in [-0.25, -0.2) is 9.18 Å². The van der Waals surface area contributed by atoms with Gasteiger partial charge in [-0.3, -0.25) is 14.6 Å². The molecule has 1 aromatic heterocycles. The minimum atomic E-state index is -0.826. The standard InChI is InChI=1S/C40H38ClFN4O3/c41-30-11-13-33-35(38(47)44-17-15-40(16-18-44)36-14-12-31(42)22-34(36)39(48)49-40)27-46(37(33)21-30)26-32-25-43(23-28-7-3-1-4-8-28)19-20-45(32)24-29-9-5-2-6-10-29/h1-14,21-22,27,32H,15-20,23-26H2.